The van der Waals surface area contributed by atoms with E-state index in [0.717, 1.165) is 42.7 Å². The highest BCUT2D eigenvalue weighted by Crippen LogP contribution is 2.39. The fourth-order valence-corrected chi connectivity index (χ4v) is 5.32. The van der Waals surface area contributed by atoms with Gasteiger partial charge < -0.3 is 15.2 Å². The van der Waals surface area contributed by atoms with Crippen LogP contribution >= 0.6 is 0 Å². The summed E-state index contributed by atoms with van der Waals surface area (Å²) in [5.74, 6) is 0.842. The lowest BCUT2D eigenvalue weighted by Gasteiger charge is -2.32. The van der Waals surface area contributed by atoms with Gasteiger partial charge in [0.2, 0.25) is 0 Å². The summed E-state index contributed by atoms with van der Waals surface area (Å²) in [6, 6.07) is 6.88. The fourth-order valence-electron chi connectivity index (χ4n) is 5.32. The van der Waals surface area contributed by atoms with Crippen LogP contribution in [0.4, 0.5) is 4.79 Å². The van der Waals surface area contributed by atoms with Gasteiger partial charge in [0.25, 0.3) is 0 Å². The van der Waals surface area contributed by atoms with Crippen LogP contribution in [0.1, 0.15) is 60.8 Å². The number of benzene rings is 1. The summed E-state index contributed by atoms with van der Waals surface area (Å²) in [4.78, 5) is 22.0. The summed E-state index contributed by atoms with van der Waals surface area (Å²) in [5.41, 5.74) is 9.51. The molecule has 1 saturated heterocycles. The Labute approximate surface area is 194 Å². The molecule has 2 N–H and O–H groups in total. The number of aromatic amines is 1. The molecule has 0 atom stereocenters. The lowest BCUT2D eigenvalue weighted by atomic mass is 9.87. The van der Waals surface area contributed by atoms with E-state index in [1.165, 1.54) is 33.3 Å². The van der Waals surface area contributed by atoms with Crippen LogP contribution in [0.25, 0.3) is 27.8 Å². The van der Waals surface area contributed by atoms with E-state index in [9.17, 15) is 4.79 Å². The lowest BCUT2D eigenvalue weighted by Crippen LogP contribution is -2.42. The monoisotopic (exact) mass is 444 g/mol. The molecule has 1 fully saturated rings. The quantitative estimate of drug-likeness (QED) is 0.459. The second-order valence-corrected chi connectivity index (χ2v) is 9.51. The average molecular weight is 445 g/mol. The maximum Gasteiger partial charge on any atom is 0.317 e. The number of likely N-dealkylation sites (tertiary alicyclic amines) is 1. The largest absolute Gasteiger partial charge is 0.354 e. The first-order chi connectivity index (χ1) is 15.9. The SMILES string of the molecule is CNC(=O)N1CCC(c2ccc3[nH]c(-c4cn5ncnc5c(C)c4C)c(C(C)C)c3c2)CC1. The number of nitrogens with zero attached hydrogens (tertiary/aromatic N) is 4. The van der Waals surface area contributed by atoms with Crippen LogP contribution in [0.5, 0.6) is 0 Å². The van der Waals surface area contributed by atoms with Crippen molar-refractivity contribution < 1.29 is 4.79 Å². The highest BCUT2D eigenvalue weighted by Gasteiger charge is 2.25. The van der Waals surface area contributed by atoms with Crippen molar-refractivity contribution in [2.45, 2.75) is 52.4 Å². The van der Waals surface area contributed by atoms with Crippen molar-refractivity contribution in [2.24, 2.45) is 0 Å². The van der Waals surface area contributed by atoms with E-state index >= 15 is 0 Å². The van der Waals surface area contributed by atoms with Crippen molar-refractivity contribution in [3.8, 4) is 11.3 Å². The molecule has 0 bridgehead atoms. The first kappa shape index (κ1) is 21.5. The molecule has 0 aliphatic carbocycles. The number of rotatable bonds is 3. The van der Waals surface area contributed by atoms with E-state index in [-0.39, 0.29) is 6.03 Å². The molecular formula is C26H32N6O. The minimum absolute atomic E-state index is 0.0243. The summed E-state index contributed by atoms with van der Waals surface area (Å²) in [6.45, 7) is 10.4. The van der Waals surface area contributed by atoms with E-state index in [4.69, 9.17) is 0 Å². The number of nitrogens with one attached hydrogen (secondary N) is 2. The van der Waals surface area contributed by atoms with Crippen LogP contribution < -0.4 is 5.32 Å². The van der Waals surface area contributed by atoms with Gasteiger partial charge in [0.15, 0.2) is 5.65 Å². The van der Waals surface area contributed by atoms with Crippen LogP contribution in [0, 0.1) is 13.8 Å². The van der Waals surface area contributed by atoms with E-state index in [0.29, 0.717) is 11.8 Å². The third-order valence-corrected chi connectivity index (χ3v) is 7.30. The van der Waals surface area contributed by atoms with E-state index < -0.39 is 0 Å². The van der Waals surface area contributed by atoms with Crippen molar-refractivity contribution in [2.75, 3.05) is 20.1 Å². The normalized spacial score (nSPS) is 15.2. The van der Waals surface area contributed by atoms with Gasteiger partial charge in [-0.05, 0) is 72.9 Å². The smallest absolute Gasteiger partial charge is 0.317 e. The molecule has 3 aromatic heterocycles. The molecule has 172 valence electrons. The fraction of sp³-hybridized carbons (Fsp3) is 0.423. The summed E-state index contributed by atoms with van der Waals surface area (Å²) >= 11 is 0. The topological polar surface area (TPSA) is 78.3 Å². The van der Waals surface area contributed by atoms with Gasteiger partial charge in [-0.1, -0.05) is 19.9 Å². The number of fused-ring (bicyclic) bond motifs is 2. The summed E-state index contributed by atoms with van der Waals surface area (Å²) in [6.07, 6.45) is 5.70. The molecular weight excluding hydrogens is 412 g/mol. The maximum absolute atomic E-state index is 12.0. The number of carbonyl (C=O) groups is 1. The van der Waals surface area contributed by atoms with Gasteiger partial charge in [-0.15, -0.1) is 0 Å². The van der Waals surface area contributed by atoms with Crippen LogP contribution in [0.2, 0.25) is 0 Å². The van der Waals surface area contributed by atoms with Crippen molar-refractivity contribution in [3.05, 3.63) is 53.0 Å². The molecule has 1 aromatic carbocycles. The molecule has 7 heteroatoms. The number of carbonyl (C=O) groups excluding carboxylic acids is 1. The Kier molecular flexibility index (Phi) is 5.35. The van der Waals surface area contributed by atoms with Gasteiger partial charge in [0.05, 0.1) is 5.69 Å². The number of amides is 2. The second kappa shape index (κ2) is 8.21. The third kappa shape index (κ3) is 3.56. The van der Waals surface area contributed by atoms with Crippen molar-refractivity contribution >= 4 is 22.6 Å². The Morgan fingerprint density at radius 1 is 1.18 bits per heavy atom. The van der Waals surface area contributed by atoms with Crippen LogP contribution in [0.3, 0.4) is 0 Å². The van der Waals surface area contributed by atoms with Crippen molar-refractivity contribution in [3.63, 3.8) is 0 Å². The molecule has 4 heterocycles. The number of urea groups is 1. The van der Waals surface area contributed by atoms with Gasteiger partial charge >= 0.3 is 6.03 Å². The molecule has 1 aliphatic heterocycles. The maximum atomic E-state index is 12.0. The van der Waals surface area contributed by atoms with Crippen molar-refractivity contribution in [1.82, 2.24) is 29.8 Å². The van der Waals surface area contributed by atoms with Gasteiger partial charge in [-0.25, -0.2) is 14.3 Å². The minimum atomic E-state index is 0.0243. The average Bonchev–Trinajstić information content (AvgIpc) is 3.45. The van der Waals surface area contributed by atoms with E-state index in [1.54, 1.807) is 13.4 Å². The molecule has 33 heavy (non-hydrogen) atoms. The summed E-state index contributed by atoms with van der Waals surface area (Å²) in [7, 11) is 1.70. The third-order valence-electron chi connectivity index (χ3n) is 7.30. The minimum Gasteiger partial charge on any atom is -0.354 e. The molecule has 4 aromatic rings. The molecule has 0 spiro atoms. The molecule has 1 aliphatic rings. The number of piperidine rings is 1. The number of aromatic nitrogens is 4. The second-order valence-electron chi connectivity index (χ2n) is 9.51. The van der Waals surface area contributed by atoms with Crippen molar-refractivity contribution in [1.29, 1.82) is 0 Å². The van der Waals surface area contributed by atoms with Crippen LogP contribution in [-0.4, -0.2) is 50.7 Å². The zero-order valence-electron chi connectivity index (χ0n) is 20.1. The predicted molar refractivity (Wildman–Crippen MR) is 132 cm³/mol. The number of H-pyrrole nitrogens is 1. The van der Waals surface area contributed by atoms with Gasteiger partial charge in [-0.2, -0.15) is 5.10 Å². The number of hydrogen-bond acceptors (Lipinski definition) is 3. The molecule has 0 saturated carbocycles. The van der Waals surface area contributed by atoms with Gasteiger partial charge in [-0.3, -0.25) is 0 Å². The van der Waals surface area contributed by atoms with E-state index in [2.05, 4.69) is 72.5 Å². The Morgan fingerprint density at radius 2 is 1.94 bits per heavy atom. The van der Waals surface area contributed by atoms with Gasteiger partial charge in [0, 0.05) is 42.8 Å². The standard InChI is InChI=1S/C26H32N6O/c1-15(2)23-20-12-19(18-8-10-31(11-9-18)26(33)27-5)6-7-22(20)30-24(23)21-13-32-25(28-14-29-32)17(4)16(21)3/h6-7,12-15,18,30H,8-11H2,1-5H3,(H,27,33). The molecule has 0 radical (unpaired) electrons. The Balaban J connectivity index is 1.57. The first-order valence-electron chi connectivity index (χ1n) is 11.8. The van der Waals surface area contributed by atoms with Gasteiger partial charge in [0.1, 0.15) is 6.33 Å². The number of hydrogen-bond donors (Lipinski definition) is 2. The van der Waals surface area contributed by atoms with Crippen LogP contribution in [0.15, 0.2) is 30.7 Å². The summed E-state index contributed by atoms with van der Waals surface area (Å²) < 4.78 is 1.87. The van der Waals surface area contributed by atoms with E-state index in [1.807, 2.05) is 9.42 Å². The number of pyridine rings is 1. The Bertz CT molecular complexity index is 1340. The van der Waals surface area contributed by atoms with Crippen LogP contribution in [-0.2, 0) is 0 Å². The molecule has 5 rings (SSSR count). The number of aryl methyl sites for hydroxylation is 1. The Hall–Kier alpha value is -3.35. The Morgan fingerprint density at radius 3 is 2.64 bits per heavy atom. The predicted octanol–water partition coefficient (Wildman–Crippen LogP) is 5.14. The molecule has 0 unspecified atom stereocenters. The lowest BCUT2D eigenvalue weighted by molar-refractivity contribution is 0.183. The highest BCUT2D eigenvalue weighted by molar-refractivity contribution is 5.92. The zero-order valence-corrected chi connectivity index (χ0v) is 20.1. The first-order valence-corrected chi connectivity index (χ1v) is 11.8. The molecule has 2 amide bonds. The zero-order chi connectivity index (χ0) is 23.3. The molecule has 7 nitrogen and oxygen atoms in total. The highest BCUT2D eigenvalue weighted by atomic mass is 16.2. The summed E-state index contributed by atoms with van der Waals surface area (Å²) in [5, 5.41) is 8.43.